The molecule has 4 aromatic rings. The molecule has 1 N–H and O–H groups in total. The summed E-state index contributed by atoms with van der Waals surface area (Å²) in [6, 6.07) is 8.82. The number of hydrogen-bond donors (Lipinski definition) is 1. The number of rotatable bonds is 7. The summed E-state index contributed by atoms with van der Waals surface area (Å²) >= 11 is 5.94. The summed E-state index contributed by atoms with van der Waals surface area (Å²) in [6.45, 7) is 6.87. The number of nitrogens with zero attached hydrogens (tertiary/aromatic N) is 5. The van der Waals surface area contributed by atoms with E-state index in [1.54, 1.807) is 43.3 Å². The molecule has 4 atom stereocenters. The lowest BCUT2D eigenvalue weighted by Crippen LogP contribution is -2.49. The molecule has 2 fully saturated rings. The van der Waals surface area contributed by atoms with Crippen molar-refractivity contribution in [2.75, 3.05) is 0 Å². The van der Waals surface area contributed by atoms with Gasteiger partial charge in [0, 0.05) is 41.9 Å². The number of aryl methyl sites for hydroxylation is 1. The molecule has 9 nitrogen and oxygen atoms in total. The number of likely N-dealkylation sites (tertiary alicyclic amines) is 1. The van der Waals surface area contributed by atoms with Crippen LogP contribution < -0.4 is 5.32 Å². The highest BCUT2D eigenvalue weighted by Crippen LogP contribution is 2.59. The maximum atomic E-state index is 14.6. The standard InChI is InChI=1S/C31H30ClFN6O3/c1-16(21-6-5-7-23(32)28(21)33)36-30(42)25-11-31(4)12-26(31)39(25)27(41)15-38-24-9-8-19(20-13-34-18(3)35-14-20)10-22(24)29(37-38)17(2)40/h5-10,13-14,16,25-26H,11-12,15H2,1-4H3,(H,36,42)/t16-,25-,26?,31-/m0/s1. The van der Waals surface area contributed by atoms with Gasteiger partial charge in [0.1, 0.15) is 29.9 Å². The minimum Gasteiger partial charge on any atom is -0.348 e. The van der Waals surface area contributed by atoms with Crippen molar-refractivity contribution in [2.45, 2.75) is 65.2 Å². The van der Waals surface area contributed by atoms with Crippen LogP contribution in [0.15, 0.2) is 48.8 Å². The SMILES string of the molecule is CC(=O)c1nn(CC(=O)N2C3C[C@]3(C)C[C@H]2C(=O)N[C@@H](C)c2cccc(Cl)c2F)c2ccc(-c3cnc(C)nc3)cc12. The Labute approximate surface area is 247 Å². The van der Waals surface area contributed by atoms with Gasteiger partial charge in [-0.25, -0.2) is 14.4 Å². The highest BCUT2D eigenvalue weighted by molar-refractivity contribution is 6.30. The van der Waals surface area contributed by atoms with Crippen LogP contribution in [0.25, 0.3) is 22.0 Å². The van der Waals surface area contributed by atoms with Crippen LogP contribution in [-0.2, 0) is 16.1 Å². The molecular formula is C31H30ClFN6O3. The van der Waals surface area contributed by atoms with Gasteiger partial charge in [-0.15, -0.1) is 0 Å². The molecule has 6 rings (SSSR count). The summed E-state index contributed by atoms with van der Waals surface area (Å²) in [4.78, 5) is 50.0. The number of ketones is 1. The van der Waals surface area contributed by atoms with Crippen molar-refractivity contribution in [3.05, 3.63) is 76.7 Å². The van der Waals surface area contributed by atoms with E-state index in [1.165, 1.54) is 17.7 Å². The fraction of sp³-hybridized carbons (Fsp3) is 0.355. The first-order valence-corrected chi connectivity index (χ1v) is 14.2. The maximum Gasteiger partial charge on any atom is 0.245 e. The van der Waals surface area contributed by atoms with E-state index in [0.29, 0.717) is 23.1 Å². The Morgan fingerprint density at radius 3 is 2.60 bits per heavy atom. The van der Waals surface area contributed by atoms with Crippen LogP contribution >= 0.6 is 11.6 Å². The number of halogens is 2. The largest absolute Gasteiger partial charge is 0.348 e. The molecule has 0 spiro atoms. The molecule has 42 heavy (non-hydrogen) atoms. The monoisotopic (exact) mass is 588 g/mol. The second-order valence-electron chi connectivity index (χ2n) is 11.6. The molecular weight excluding hydrogens is 559 g/mol. The highest BCUT2D eigenvalue weighted by Gasteiger charge is 2.64. The van der Waals surface area contributed by atoms with Crippen LogP contribution in [0.1, 0.15) is 61.5 Å². The Kier molecular flexibility index (Phi) is 6.84. The van der Waals surface area contributed by atoms with Crippen molar-refractivity contribution in [2.24, 2.45) is 5.41 Å². The number of fused-ring (bicyclic) bond motifs is 2. The second kappa shape index (κ2) is 10.3. The van der Waals surface area contributed by atoms with Crippen LogP contribution in [0.3, 0.4) is 0 Å². The number of aromatic nitrogens is 4. The lowest BCUT2D eigenvalue weighted by molar-refractivity contribution is -0.140. The summed E-state index contributed by atoms with van der Waals surface area (Å²) < 4.78 is 16.1. The third kappa shape index (κ3) is 4.83. The van der Waals surface area contributed by atoms with E-state index in [1.807, 2.05) is 18.2 Å². The molecule has 1 aliphatic heterocycles. The maximum absolute atomic E-state index is 14.6. The Hall–Kier alpha value is -4.18. The lowest BCUT2D eigenvalue weighted by Gasteiger charge is -2.28. The average molecular weight is 589 g/mol. The van der Waals surface area contributed by atoms with Gasteiger partial charge in [0.05, 0.1) is 16.6 Å². The van der Waals surface area contributed by atoms with Crippen molar-refractivity contribution < 1.29 is 18.8 Å². The number of benzene rings is 2. The van der Waals surface area contributed by atoms with Crippen molar-refractivity contribution in [1.82, 2.24) is 30.0 Å². The minimum absolute atomic E-state index is 0.0178. The van der Waals surface area contributed by atoms with Crippen molar-refractivity contribution in [3.63, 3.8) is 0 Å². The Bertz CT molecular complexity index is 1760. The van der Waals surface area contributed by atoms with Crippen LogP contribution in [0.2, 0.25) is 5.02 Å². The van der Waals surface area contributed by atoms with Crippen LogP contribution in [0.4, 0.5) is 4.39 Å². The third-order valence-electron chi connectivity index (χ3n) is 8.52. The number of nitrogens with one attached hydrogen (secondary N) is 1. The molecule has 1 saturated carbocycles. The molecule has 0 radical (unpaired) electrons. The third-order valence-corrected chi connectivity index (χ3v) is 8.81. The van der Waals surface area contributed by atoms with Crippen LogP contribution in [0.5, 0.6) is 0 Å². The van der Waals surface area contributed by atoms with Gasteiger partial charge in [-0.3, -0.25) is 19.1 Å². The molecule has 11 heteroatoms. The number of piperidine rings is 1. The van der Waals surface area contributed by atoms with Gasteiger partial charge < -0.3 is 10.2 Å². The molecule has 2 aromatic carbocycles. The topological polar surface area (TPSA) is 110 Å². The van der Waals surface area contributed by atoms with Gasteiger partial charge in [0.15, 0.2) is 5.78 Å². The normalized spacial score (nSPS) is 21.7. The zero-order valence-corrected chi connectivity index (χ0v) is 24.4. The van der Waals surface area contributed by atoms with Crippen molar-refractivity contribution in [3.8, 4) is 11.1 Å². The number of hydrogen-bond acceptors (Lipinski definition) is 6. The number of carbonyl (C=O) groups excluding carboxylic acids is 3. The summed E-state index contributed by atoms with van der Waals surface area (Å²) in [6.07, 6.45) is 4.76. The van der Waals surface area contributed by atoms with E-state index in [4.69, 9.17) is 11.6 Å². The highest BCUT2D eigenvalue weighted by atomic mass is 35.5. The zero-order valence-electron chi connectivity index (χ0n) is 23.7. The number of Topliss-reactive ketones (excluding diaryl/α,β-unsaturated/α-hetero) is 1. The van der Waals surface area contributed by atoms with E-state index >= 15 is 0 Å². The molecule has 1 unspecified atom stereocenters. The van der Waals surface area contributed by atoms with Gasteiger partial charge in [-0.05, 0) is 55.9 Å². The summed E-state index contributed by atoms with van der Waals surface area (Å²) in [5.41, 5.74) is 2.65. The van der Waals surface area contributed by atoms with E-state index < -0.39 is 17.9 Å². The molecule has 216 valence electrons. The lowest BCUT2D eigenvalue weighted by atomic mass is 10.0. The van der Waals surface area contributed by atoms with Crippen LogP contribution in [-0.4, -0.2) is 54.3 Å². The van der Waals surface area contributed by atoms with Crippen molar-refractivity contribution in [1.29, 1.82) is 0 Å². The van der Waals surface area contributed by atoms with E-state index in [2.05, 4.69) is 27.3 Å². The molecule has 3 heterocycles. The minimum atomic E-state index is -0.701. The quantitative estimate of drug-likeness (QED) is 0.302. The number of carbonyl (C=O) groups is 3. The molecule has 2 aromatic heterocycles. The van der Waals surface area contributed by atoms with E-state index in [-0.39, 0.29) is 51.9 Å². The molecule has 1 saturated heterocycles. The smallest absolute Gasteiger partial charge is 0.245 e. The molecule has 1 aliphatic carbocycles. The van der Waals surface area contributed by atoms with Gasteiger partial charge in [0.25, 0.3) is 0 Å². The van der Waals surface area contributed by atoms with Crippen LogP contribution in [0, 0.1) is 18.2 Å². The first-order chi connectivity index (χ1) is 20.0. The number of amides is 2. The Morgan fingerprint density at radius 2 is 1.88 bits per heavy atom. The predicted molar refractivity (Wildman–Crippen MR) is 155 cm³/mol. The van der Waals surface area contributed by atoms with Gasteiger partial charge in [-0.1, -0.05) is 36.7 Å². The molecule has 0 bridgehead atoms. The van der Waals surface area contributed by atoms with Gasteiger partial charge in [0.2, 0.25) is 11.8 Å². The van der Waals surface area contributed by atoms with Gasteiger partial charge >= 0.3 is 0 Å². The van der Waals surface area contributed by atoms with Crippen molar-refractivity contribution >= 4 is 40.1 Å². The second-order valence-corrected chi connectivity index (χ2v) is 12.0. The fourth-order valence-corrected chi connectivity index (χ4v) is 6.28. The molecule has 2 aliphatic rings. The fourth-order valence-electron chi connectivity index (χ4n) is 6.09. The van der Waals surface area contributed by atoms with E-state index in [9.17, 15) is 18.8 Å². The van der Waals surface area contributed by atoms with Gasteiger partial charge in [-0.2, -0.15) is 5.10 Å². The zero-order chi connectivity index (χ0) is 29.9. The summed E-state index contributed by atoms with van der Waals surface area (Å²) in [7, 11) is 0. The predicted octanol–water partition coefficient (Wildman–Crippen LogP) is 5.05. The summed E-state index contributed by atoms with van der Waals surface area (Å²) in [5.74, 6) is -0.755. The average Bonchev–Trinajstić information content (AvgIpc) is 3.32. The summed E-state index contributed by atoms with van der Waals surface area (Å²) in [5, 5.41) is 8.00. The molecule has 2 amide bonds. The Morgan fingerprint density at radius 1 is 1.14 bits per heavy atom. The van der Waals surface area contributed by atoms with E-state index in [0.717, 1.165) is 17.5 Å². The first kappa shape index (κ1) is 28.0. The first-order valence-electron chi connectivity index (χ1n) is 13.8. The Balaban J connectivity index is 1.26.